The van der Waals surface area contributed by atoms with Gasteiger partial charge in [0.2, 0.25) is 0 Å². The van der Waals surface area contributed by atoms with E-state index in [1.807, 2.05) is 0 Å². The molecule has 114 valence electrons. The van der Waals surface area contributed by atoms with E-state index in [2.05, 4.69) is 20.8 Å². The van der Waals surface area contributed by atoms with Crippen LogP contribution in [0.4, 0.5) is 4.39 Å². The van der Waals surface area contributed by atoms with E-state index in [0.717, 1.165) is 12.8 Å². The molecule has 0 saturated heterocycles. The van der Waals surface area contributed by atoms with E-state index < -0.39 is 5.82 Å². The molecule has 0 heterocycles. The number of nitrogens with one attached hydrogen (secondary N) is 1. The topological polar surface area (TPSA) is 59.1 Å². The summed E-state index contributed by atoms with van der Waals surface area (Å²) in [5.41, 5.74) is 6.29. The quantitative estimate of drug-likeness (QED) is 0.658. The number of halogens is 1. The number of ether oxygens (including phenoxy) is 1. The van der Waals surface area contributed by atoms with Gasteiger partial charge in [-0.25, -0.2) is 4.39 Å². The van der Waals surface area contributed by atoms with E-state index in [1.165, 1.54) is 18.6 Å². The largest absolute Gasteiger partial charge is 0.489 e. The molecule has 0 aromatic heterocycles. The van der Waals surface area contributed by atoms with E-state index in [4.69, 9.17) is 15.9 Å². The van der Waals surface area contributed by atoms with Crippen LogP contribution < -0.4 is 10.5 Å². The summed E-state index contributed by atoms with van der Waals surface area (Å²) in [6.45, 7) is 6.94. The van der Waals surface area contributed by atoms with Crippen molar-refractivity contribution in [1.82, 2.24) is 0 Å². The molecule has 3 nitrogen and oxygen atoms in total. The second-order valence-corrected chi connectivity index (χ2v) is 7.27. The lowest BCUT2D eigenvalue weighted by molar-refractivity contribution is 0.0300. The van der Waals surface area contributed by atoms with Crippen LogP contribution in [0.3, 0.4) is 0 Å². The number of nitrogen functional groups attached to an aromatic ring is 1. The number of rotatable bonds is 3. The molecule has 2 saturated carbocycles. The molecular weight excluding hydrogens is 267 g/mol. The highest BCUT2D eigenvalue weighted by atomic mass is 19.1. The summed E-state index contributed by atoms with van der Waals surface area (Å²) in [5.74, 6) is 0.649. The average molecular weight is 290 g/mol. The summed E-state index contributed by atoms with van der Waals surface area (Å²) in [5, 5.41) is 7.61. The lowest BCUT2D eigenvalue weighted by Gasteiger charge is -2.39. The first-order valence-corrected chi connectivity index (χ1v) is 7.56. The number of benzene rings is 1. The molecule has 3 unspecified atom stereocenters. The van der Waals surface area contributed by atoms with E-state index in [1.54, 1.807) is 6.07 Å². The van der Waals surface area contributed by atoms with Crippen LogP contribution in [0.2, 0.25) is 0 Å². The van der Waals surface area contributed by atoms with Gasteiger partial charge in [0.1, 0.15) is 23.5 Å². The minimum Gasteiger partial charge on any atom is -0.489 e. The highest BCUT2D eigenvalue weighted by Gasteiger charge is 2.62. The molecule has 2 aliphatic rings. The summed E-state index contributed by atoms with van der Waals surface area (Å²) in [6, 6.07) is 4.23. The van der Waals surface area contributed by atoms with Crippen LogP contribution in [0.1, 0.15) is 45.6 Å². The molecule has 3 rings (SSSR count). The number of hydrogen-bond acceptors (Lipinski definition) is 2. The fraction of sp³-hybridized carbons (Fsp3) is 0.588. The van der Waals surface area contributed by atoms with Crippen LogP contribution in [0.25, 0.3) is 0 Å². The molecule has 0 radical (unpaired) electrons. The molecule has 3 N–H and O–H groups in total. The van der Waals surface area contributed by atoms with Gasteiger partial charge in [-0.1, -0.05) is 20.8 Å². The molecule has 0 amide bonds. The number of fused-ring (bicyclic) bond motifs is 2. The zero-order chi connectivity index (χ0) is 15.4. The van der Waals surface area contributed by atoms with Gasteiger partial charge in [0.05, 0.1) is 5.56 Å². The zero-order valence-electron chi connectivity index (χ0n) is 12.9. The van der Waals surface area contributed by atoms with Crippen molar-refractivity contribution in [2.24, 2.45) is 22.5 Å². The predicted molar refractivity (Wildman–Crippen MR) is 81.1 cm³/mol. The van der Waals surface area contributed by atoms with Crippen molar-refractivity contribution in [2.75, 3.05) is 0 Å². The van der Waals surface area contributed by atoms with Crippen molar-refractivity contribution >= 4 is 5.84 Å². The molecule has 1 aromatic rings. The first kappa shape index (κ1) is 14.4. The van der Waals surface area contributed by atoms with Crippen molar-refractivity contribution in [3.63, 3.8) is 0 Å². The van der Waals surface area contributed by atoms with E-state index >= 15 is 0 Å². The summed E-state index contributed by atoms with van der Waals surface area (Å²) in [7, 11) is 0. The molecule has 0 spiro atoms. The first-order chi connectivity index (χ1) is 9.75. The molecule has 4 heteroatoms. The Morgan fingerprint density at radius 3 is 2.62 bits per heavy atom. The minimum absolute atomic E-state index is 0.106. The van der Waals surface area contributed by atoms with Crippen LogP contribution in [-0.4, -0.2) is 11.9 Å². The molecular formula is C17H23FN2O. The normalized spacial score (nSPS) is 33.1. The highest BCUT2D eigenvalue weighted by Crippen LogP contribution is 2.66. The van der Waals surface area contributed by atoms with E-state index in [-0.39, 0.29) is 22.8 Å². The third-order valence-corrected chi connectivity index (χ3v) is 6.21. The minimum atomic E-state index is -0.396. The van der Waals surface area contributed by atoms with Gasteiger partial charge >= 0.3 is 0 Å². The standard InChI is InChI=1S/C17H23FN2O/c1-16(2)10-6-7-17(16,3)14(8-10)21-13-5-4-11(18)9-12(13)15(19)20/h4-5,9-10,14H,6-8H2,1-3H3,(H3,19,20). The Bertz CT molecular complexity index is 598. The van der Waals surface area contributed by atoms with E-state index in [0.29, 0.717) is 17.2 Å². The maximum absolute atomic E-state index is 13.4. The van der Waals surface area contributed by atoms with Gasteiger partial charge in [0, 0.05) is 5.41 Å². The molecule has 1 aromatic carbocycles. The second kappa shape index (κ2) is 4.46. The van der Waals surface area contributed by atoms with Crippen molar-refractivity contribution in [2.45, 2.75) is 46.1 Å². The Balaban J connectivity index is 1.91. The van der Waals surface area contributed by atoms with Crippen molar-refractivity contribution in [3.8, 4) is 5.75 Å². The van der Waals surface area contributed by atoms with Crippen molar-refractivity contribution in [3.05, 3.63) is 29.6 Å². The Morgan fingerprint density at radius 2 is 2.10 bits per heavy atom. The van der Waals surface area contributed by atoms with Gasteiger partial charge in [-0.3, -0.25) is 5.41 Å². The lowest BCUT2D eigenvalue weighted by atomic mass is 9.70. The van der Waals surface area contributed by atoms with Crippen LogP contribution in [-0.2, 0) is 0 Å². The van der Waals surface area contributed by atoms with Crippen molar-refractivity contribution < 1.29 is 9.13 Å². The molecule has 2 bridgehead atoms. The van der Waals surface area contributed by atoms with Crippen LogP contribution in [0.5, 0.6) is 5.75 Å². The van der Waals surface area contributed by atoms with Crippen LogP contribution in [0.15, 0.2) is 18.2 Å². The van der Waals surface area contributed by atoms with Gasteiger partial charge in [-0.15, -0.1) is 0 Å². The third-order valence-electron chi connectivity index (χ3n) is 6.21. The van der Waals surface area contributed by atoms with Crippen molar-refractivity contribution in [1.29, 1.82) is 5.41 Å². The maximum atomic E-state index is 13.4. The SMILES string of the molecule is CC1(C)C2CCC1(C)C(Oc1ccc(F)cc1C(=N)N)C2. The fourth-order valence-corrected chi connectivity index (χ4v) is 4.28. The Hall–Kier alpha value is -1.58. The number of amidine groups is 1. The third kappa shape index (κ3) is 1.95. The zero-order valence-corrected chi connectivity index (χ0v) is 12.9. The highest BCUT2D eigenvalue weighted by molar-refractivity contribution is 5.97. The van der Waals surface area contributed by atoms with Gasteiger partial charge < -0.3 is 10.5 Å². The van der Waals surface area contributed by atoms with Crippen LogP contribution in [0, 0.1) is 28.0 Å². The molecule has 2 aliphatic carbocycles. The van der Waals surface area contributed by atoms with Gasteiger partial charge in [-0.05, 0) is 48.8 Å². The summed E-state index contributed by atoms with van der Waals surface area (Å²) in [6.07, 6.45) is 3.55. The molecule has 21 heavy (non-hydrogen) atoms. The summed E-state index contributed by atoms with van der Waals surface area (Å²) < 4.78 is 19.6. The number of nitrogens with two attached hydrogens (primary N) is 1. The van der Waals surface area contributed by atoms with Gasteiger partial charge in [0.15, 0.2) is 0 Å². The summed E-state index contributed by atoms with van der Waals surface area (Å²) in [4.78, 5) is 0. The fourth-order valence-electron chi connectivity index (χ4n) is 4.28. The predicted octanol–water partition coefficient (Wildman–Crippen LogP) is 3.70. The first-order valence-electron chi connectivity index (χ1n) is 7.56. The van der Waals surface area contributed by atoms with E-state index in [9.17, 15) is 4.39 Å². The van der Waals surface area contributed by atoms with Gasteiger partial charge in [0.25, 0.3) is 0 Å². The Labute approximate surface area is 125 Å². The molecule has 2 fully saturated rings. The average Bonchev–Trinajstić information content (AvgIpc) is 2.73. The smallest absolute Gasteiger partial charge is 0.130 e. The molecule has 0 aliphatic heterocycles. The van der Waals surface area contributed by atoms with Gasteiger partial charge in [-0.2, -0.15) is 0 Å². The summed E-state index contributed by atoms with van der Waals surface area (Å²) >= 11 is 0. The lowest BCUT2D eigenvalue weighted by Crippen LogP contribution is -2.39. The monoisotopic (exact) mass is 290 g/mol. The number of hydrogen-bond donors (Lipinski definition) is 2. The Kier molecular flexibility index (Phi) is 3.05. The van der Waals surface area contributed by atoms with Crippen LogP contribution >= 0.6 is 0 Å². The maximum Gasteiger partial charge on any atom is 0.130 e. The molecule has 3 atom stereocenters. The Morgan fingerprint density at radius 1 is 1.38 bits per heavy atom. The second-order valence-electron chi connectivity index (χ2n) is 7.27.